The molecule has 120 valence electrons. The van der Waals surface area contributed by atoms with E-state index in [1.165, 1.54) is 0 Å². The summed E-state index contributed by atoms with van der Waals surface area (Å²) in [6, 6.07) is 7.67. The van der Waals surface area contributed by atoms with Gasteiger partial charge in [-0.05, 0) is 38.0 Å². The summed E-state index contributed by atoms with van der Waals surface area (Å²) in [5.74, 6) is 0.661. The average Bonchev–Trinajstić information content (AvgIpc) is 2.44. The monoisotopic (exact) mass is 316 g/mol. The van der Waals surface area contributed by atoms with Gasteiger partial charge in [-0.15, -0.1) is 12.4 Å². The van der Waals surface area contributed by atoms with Crippen LogP contribution in [0.15, 0.2) is 24.3 Å². The summed E-state index contributed by atoms with van der Waals surface area (Å²) in [4.78, 5) is 11.8. The molecule has 2 unspecified atom stereocenters. The van der Waals surface area contributed by atoms with Gasteiger partial charge in [0.15, 0.2) is 0 Å². The maximum atomic E-state index is 11.8. The minimum absolute atomic E-state index is 0. The fourth-order valence-corrected chi connectivity index (χ4v) is 1.63. The Kier molecular flexibility index (Phi) is 9.78. The molecule has 0 aromatic heterocycles. The zero-order valence-electron chi connectivity index (χ0n) is 12.8. The van der Waals surface area contributed by atoms with Crippen molar-refractivity contribution in [3.8, 4) is 5.75 Å². The molecular weight excluding hydrogens is 292 g/mol. The lowest BCUT2D eigenvalue weighted by Crippen LogP contribution is -2.36. The molecule has 5 nitrogen and oxygen atoms in total. The van der Waals surface area contributed by atoms with Crippen molar-refractivity contribution >= 4 is 18.3 Å². The van der Waals surface area contributed by atoms with Crippen molar-refractivity contribution in [1.29, 1.82) is 0 Å². The number of carbonyl (C=O) groups is 1. The summed E-state index contributed by atoms with van der Waals surface area (Å²) in [5, 5.41) is 2.80. The van der Waals surface area contributed by atoms with E-state index in [2.05, 4.69) is 5.32 Å². The van der Waals surface area contributed by atoms with E-state index in [9.17, 15) is 4.79 Å². The highest BCUT2D eigenvalue weighted by Gasteiger charge is 2.13. The van der Waals surface area contributed by atoms with Gasteiger partial charge in [-0.2, -0.15) is 0 Å². The van der Waals surface area contributed by atoms with Crippen LogP contribution < -0.4 is 15.8 Å². The zero-order valence-corrected chi connectivity index (χ0v) is 13.6. The number of methoxy groups -OCH3 is 1. The Morgan fingerprint density at radius 1 is 1.38 bits per heavy atom. The SMILES string of the molecule is COc1cccc(COC(C)C(=O)NCCC(C)N)c1.Cl. The Morgan fingerprint density at radius 2 is 2.10 bits per heavy atom. The number of hydrogen-bond donors (Lipinski definition) is 2. The molecule has 6 heteroatoms. The first-order chi connectivity index (χ1) is 9.52. The molecule has 0 radical (unpaired) electrons. The Hall–Kier alpha value is -1.30. The summed E-state index contributed by atoms with van der Waals surface area (Å²) >= 11 is 0. The van der Waals surface area contributed by atoms with Gasteiger partial charge in [0.1, 0.15) is 11.9 Å². The molecule has 2 atom stereocenters. The standard InChI is InChI=1S/C15H24N2O3.ClH/c1-11(16)7-8-17-15(18)12(2)20-10-13-5-4-6-14(9-13)19-3;/h4-6,9,11-12H,7-8,10,16H2,1-3H3,(H,17,18);1H. The van der Waals surface area contributed by atoms with Crippen molar-refractivity contribution in [2.75, 3.05) is 13.7 Å². The average molecular weight is 317 g/mol. The lowest BCUT2D eigenvalue weighted by atomic mass is 10.2. The lowest BCUT2D eigenvalue weighted by Gasteiger charge is -2.14. The highest BCUT2D eigenvalue weighted by atomic mass is 35.5. The van der Waals surface area contributed by atoms with E-state index in [4.69, 9.17) is 15.2 Å². The first-order valence-electron chi connectivity index (χ1n) is 6.80. The van der Waals surface area contributed by atoms with Gasteiger partial charge in [-0.3, -0.25) is 4.79 Å². The molecule has 0 aliphatic heterocycles. The second kappa shape index (κ2) is 10.4. The smallest absolute Gasteiger partial charge is 0.248 e. The van der Waals surface area contributed by atoms with Crippen LogP contribution >= 0.6 is 12.4 Å². The minimum atomic E-state index is -0.491. The predicted octanol–water partition coefficient (Wildman–Crippen LogP) is 1.88. The minimum Gasteiger partial charge on any atom is -0.497 e. The number of carbonyl (C=O) groups excluding carboxylic acids is 1. The molecule has 0 aliphatic rings. The van der Waals surface area contributed by atoms with Gasteiger partial charge in [0.25, 0.3) is 0 Å². The molecular formula is C15H25ClN2O3. The highest BCUT2D eigenvalue weighted by Crippen LogP contribution is 2.13. The van der Waals surface area contributed by atoms with Crippen LogP contribution in [0.25, 0.3) is 0 Å². The Bertz CT molecular complexity index is 427. The molecule has 3 N–H and O–H groups in total. The molecule has 0 aliphatic carbocycles. The van der Waals surface area contributed by atoms with Crippen molar-refractivity contribution in [2.45, 2.75) is 39.0 Å². The number of nitrogens with one attached hydrogen (secondary N) is 1. The number of benzene rings is 1. The van der Waals surface area contributed by atoms with Gasteiger partial charge >= 0.3 is 0 Å². The van der Waals surface area contributed by atoms with E-state index < -0.39 is 6.10 Å². The van der Waals surface area contributed by atoms with Crippen molar-refractivity contribution in [3.63, 3.8) is 0 Å². The van der Waals surface area contributed by atoms with Gasteiger partial charge in [0.05, 0.1) is 13.7 Å². The van der Waals surface area contributed by atoms with Gasteiger partial charge in [0, 0.05) is 12.6 Å². The maximum Gasteiger partial charge on any atom is 0.248 e. The quantitative estimate of drug-likeness (QED) is 0.768. The number of amides is 1. The van der Waals surface area contributed by atoms with Gasteiger partial charge in [0.2, 0.25) is 5.91 Å². The topological polar surface area (TPSA) is 73.6 Å². The largest absolute Gasteiger partial charge is 0.497 e. The summed E-state index contributed by atoms with van der Waals surface area (Å²) in [5.41, 5.74) is 6.59. The third kappa shape index (κ3) is 7.90. The van der Waals surface area contributed by atoms with Crippen LogP contribution in [0.4, 0.5) is 0 Å². The number of ether oxygens (including phenoxy) is 2. The van der Waals surface area contributed by atoms with Crippen LogP contribution in [0, 0.1) is 0 Å². The number of hydrogen-bond acceptors (Lipinski definition) is 4. The molecule has 0 spiro atoms. The second-order valence-corrected chi connectivity index (χ2v) is 4.86. The third-order valence-electron chi connectivity index (χ3n) is 2.90. The van der Waals surface area contributed by atoms with Crippen molar-refractivity contribution in [2.24, 2.45) is 5.73 Å². The summed E-state index contributed by atoms with van der Waals surface area (Å²) in [6.45, 7) is 4.60. The van der Waals surface area contributed by atoms with Gasteiger partial charge < -0.3 is 20.5 Å². The van der Waals surface area contributed by atoms with Crippen LogP contribution in [0.5, 0.6) is 5.75 Å². The Morgan fingerprint density at radius 3 is 2.71 bits per heavy atom. The molecule has 0 heterocycles. The number of nitrogens with two attached hydrogens (primary N) is 1. The molecule has 0 bridgehead atoms. The van der Waals surface area contributed by atoms with Crippen LogP contribution in [0.1, 0.15) is 25.8 Å². The summed E-state index contributed by atoms with van der Waals surface area (Å²) in [7, 11) is 1.62. The van der Waals surface area contributed by atoms with Crippen LogP contribution in [-0.2, 0) is 16.1 Å². The van der Waals surface area contributed by atoms with E-state index in [1.54, 1.807) is 14.0 Å². The normalized spacial score (nSPS) is 13.0. The fourth-order valence-electron chi connectivity index (χ4n) is 1.63. The summed E-state index contributed by atoms with van der Waals surface area (Å²) in [6.07, 6.45) is 0.267. The van der Waals surface area contributed by atoms with Gasteiger partial charge in [-0.25, -0.2) is 0 Å². The molecule has 1 aromatic carbocycles. The molecule has 1 amide bonds. The van der Waals surface area contributed by atoms with Crippen molar-refractivity contribution < 1.29 is 14.3 Å². The second-order valence-electron chi connectivity index (χ2n) is 4.86. The third-order valence-corrected chi connectivity index (χ3v) is 2.90. The zero-order chi connectivity index (χ0) is 15.0. The van der Waals surface area contributed by atoms with Crippen LogP contribution in [-0.4, -0.2) is 31.7 Å². The predicted molar refractivity (Wildman–Crippen MR) is 85.8 cm³/mol. The molecule has 0 fully saturated rings. The van der Waals surface area contributed by atoms with E-state index in [0.29, 0.717) is 13.2 Å². The van der Waals surface area contributed by atoms with E-state index in [1.807, 2.05) is 31.2 Å². The molecule has 0 saturated heterocycles. The van der Waals surface area contributed by atoms with Crippen molar-refractivity contribution in [1.82, 2.24) is 5.32 Å². The molecule has 1 aromatic rings. The maximum absolute atomic E-state index is 11.8. The first-order valence-corrected chi connectivity index (χ1v) is 6.80. The summed E-state index contributed by atoms with van der Waals surface area (Å²) < 4.78 is 10.7. The van der Waals surface area contributed by atoms with Crippen molar-refractivity contribution in [3.05, 3.63) is 29.8 Å². The molecule has 1 rings (SSSR count). The molecule has 21 heavy (non-hydrogen) atoms. The van der Waals surface area contributed by atoms with E-state index in [-0.39, 0.29) is 24.4 Å². The highest BCUT2D eigenvalue weighted by molar-refractivity contribution is 5.85. The fraction of sp³-hybridized carbons (Fsp3) is 0.533. The number of rotatable bonds is 8. The molecule has 0 saturated carbocycles. The lowest BCUT2D eigenvalue weighted by molar-refractivity contribution is -0.132. The Balaban J connectivity index is 0.00000400. The van der Waals surface area contributed by atoms with Crippen LogP contribution in [0.3, 0.4) is 0 Å². The van der Waals surface area contributed by atoms with E-state index >= 15 is 0 Å². The first kappa shape index (κ1) is 19.7. The number of halogens is 1. The Labute approximate surface area is 132 Å². The van der Waals surface area contributed by atoms with Gasteiger partial charge in [-0.1, -0.05) is 12.1 Å². The van der Waals surface area contributed by atoms with E-state index in [0.717, 1.165) is 17.7 Å². The van der Waals surface area contributed by atoms with Crippen LogP contribution in [0.2, 0.25) is 0 Å².